The van der Waals surface area contributed by atoms with Crippen molar-refractivity contribution >= 4 is 23.6 Å². The van der Waals surface area contributed by atoms with Gasteiger partial charge >= 0.3 is 5.97 Å². The number of rotatable bonds is 15. The van der Waals surface area contributed by atoms with Gasteiger partial charge in [0.1, 0.15) is 6.10 Å². The van der Waals surface area contributed by atoms with Crippen LogP contribution in [0.5, 0.6) is 0 Å². The molecule has 4 fully saturated rings. The lowest BCUT2D eigenvalue weighted by Gasteiger charge is -2.62. The number of esters is 1. The molecule has 0 radical (unpaired) electrons. The molecule has 4 nitrogen and oxygen atoms in total. The van der Waals surface area contributed by atoms with Crippen LogP contribution < -0.4 is 0 Å². The van der Waals surface area contributed by atoms with Crippen molar-refractivity contribution in [2.24, 2.45) is 34.5 Å². The highest BCUT2D eigenvalue weighted by Crippen LogP contribution is 2.66. The highest BCUT2D eigenvalue weighted by Gasteiger charge is 2.61. The van der Waals surface area contributed by atoms with Crippen LogP contribution in [0.15, 0.2) is 0 Å². The van der Waals surface area contributed by atoms with Crippen molar-refractivity contribution in [1.82, 2.24) is 4.90 Å². The average molecular weight is 590 g/mol. The Morgan fingerprint density at radius 1 is 0.854 bits per heavy atom. The second-order valence-corrected chi connectivity index (χ2v) is 16.9. The Balaban J connectivity index is 1.14. The molecular weight excluding hydrogens is 526 g/mol. The van der Waals surface area contributed by atoms with E-state index in [0.717, 1.165) is 48.7 Å². The fourth-order valence-corrected chi connectivity index (χ4v) is 11.1. The maximum Gasteiger partial charge on any atom is 0.306 e. The van der Waals surface area contributed by atoms with Crippen LogP contribution in [0.2, 0.25) is 0 Å². The number of piperidine rings is 1. The predicted octanol–water partition coefficient (Wildman–Crippen LogP) is 9.44. The molecule has 8 atom stereocenters. The molecule has 236 valence electrons. The fourth-order valence-electron chi connectivity index (χ4n) is 10.2. The third kappa shape index (κ3) is 7.69. The quantitative estimate of drug-likeness (QED) is 0.141. The minimum atomic E-state index is 0.0262. The molecule has 0 aromatic rings. The van der Waals surface area contributed by atoms with Gasteiger partial charge in [-0.05, 0) is 104 Å². The number of carbonyl (C=O) groups is 2. The zero-order chi connectivity index (χ0) is 29.6. The third-order valence-electron chi connectivity index (χ3n) is 12.5. The summed E-state index contributed by atoms with van der Waals surface area (Å²) in [6, 6.07) is 0.426. The fraction of sp³-hybridized carbons (Fsp3) is 0.944. The number of nitrogens with zero attached hydrogens (tertiary/aromatic N) is 1. The monoisotopic (exact) mass is 589 g/mol. The summed E-state index contributed by atoms with van der Waals surface area (Å²) < 4.78 is 6.14. The molecule has 0 aromatic heterocycles. The molecule has 1 aliphatic heterocycles. The van der Waals surface area contributed by atoms with Crippen molar-refractivity contribution in [2.75, 3.05) is 12.8 Å². The Bertz CT molecular complexity index is 862. The second-order valence-electron chi connectivity index (χ2n) is 15.3. The van der Waals surface area contributed by atoms with E-state index in [1.165, 1.54) is 89.2 Å². The Morgan fingerprint density at radius 2 is 1.49 bits per heavy atom. The molecule has 3 aliphatic carbocycles. The van der Waals surface area contributed by atoms with Crippen LogP contribution in [-0.2, 0) is 14.3 Å². The number of carbonyl (C=O) groups excluding carboxylic acids is 2. The molecule has 0 bridgehead atoms. The van der Waals surface area contributed by atoms with E-state index < -0.39 is 0 Å². The first-order valence-corrected chi connectivity index (χ1v) is 18.7. The molecule has 4 aliphatic rings. The number of ether oxygens (including phenoxy) is 1. The summed E-state index contributed by atoms with van der Waals surface area (Å²) in [5, 5.41) is 0.766. The van der Waals surface area contributed by atoms with E-state index in [-0.39, 0.29) is 22.9 Å². The predicted molar refractivity (Wildman–Crippen MR) is 173 cm³/mol. The normalized spacial score (nSPS) is 35.6. The van der Waals surface area contributed by atoms with Gasteiger partial charge in [-0.15, -0.1) is 0 Å². The van der Waals surface area contributed by atoms with Crippen molar-refractivity contribution in [3.8, 4) is 0 Å². The van der Waals surface area contributed by atoms with Gasteiger partial charge in [-0.3, -0.25) is 9.59 Å². The number of likely N-dealkylation sites (tertiary alicyclic amines) is 1. The van der Waals surface area contributed by atoms with Crippen LogP contribution >= 0.6 is 11.8 Å². The van der Waals surface area contributed by atoms with Crippen LogP contribution in [0.4, 0.5) is 0 Å². The maximum absolute atomic E-state index is 12.8. The molecule has 41 heavy (non-hydrogen) atoms. The summed E-state index contributed by atoms with van der Waals surface area (Å²) in [4.78, 5) is 27.4. The van der Waals surface area contributed by atoms with Gasteiger partial charge in [-0.2, -0.15) is 11.8 Å². The standard InChI is InChI=1S/C36H63NO3S/c1-26(2)41-25-15-13-11-9-7-8-10-12-14-16-34(39)40-27(3)29-18-19-30-28-17-20-32-36(5,24-22-33(38)37(32)6)31(28)21-23-35(29,30)4/h26-32H,7-25H2,1-6H3/t27?,28-,29+,30-,31-,32+,35+,36+/m0/s1. The Hall–Kier alpha value is -0.710. The van der Waals surface area contributed by atoms with E-state index in [9.17, 15) is 9.59 Å². The molecule has 3 saturated carbocycles. The summed E-state index contributed by atoms with van der Waals surface area (Å²) in [6.45, 7) is 11.8. The first kappa shape index (κ1) is 33.2. The molecule has 0 aromatic carbocycles. The number of thioether (sulfide) groups is 1. The average Bonchev–Trinajstić information content (AvgIpc) is 3.29. The van der Waals surface area contributed by atoms with Crippen molar-refractivity contribution in [1.29, 1.82) is 0 Å². The highest BCUT2D eigenvalue weighted by atomic mass is 32.2. The minimum absolute atomic E-state index is 0.0262. The molecule has 1 saturated heterocycles. The lowest BCUT2D eigenvalue weighted by Crippen LogP contribution is -2.61. The van der Waals surface area contributed by atoms with Crippen LogP contribution in [0.3, 0.4) is 0 Å². The summed E-state index contributed by atoms with van der Waals surface area (Å²) in [7, 11) is 2.05. The van der Waals surface area contributed by atoms with E-state index in [2.05, 4.69) is 58.3 Å². The topological polar surface area (TPSA) is 46.6 Å². The van der Waals surface area contributed by atoms with E-state index in [0.29, 0.717) is 24.3 Å². The molecule has 0 spiro atoms. The van der Waals surface area contributed by atoms with Crippen LogP contribution in [0.25, 0.3) is 0 Å². The van der Waals surface area contributed by atoms with Crippen LogP contribution in [0.1, 0.15) is 150 Å². The van der Waals surface area contributed by atoms with Crippen molar-refractivity contribution in [3.05, 3.63) is 0 Å². The molecule has 4 rings (SSSR count). The van der Waals surface area contributed by atoms with Gasteiger partial charge in [0.05, 0.1) is 0 Å². The Labute approximate surface area is 257 Å². The Morgan fingerprint density at radius 3 is 2.17 bits per heavy atom. The van der Waals surface area contributed by atoms with Crippen LogP contribution in [-0.4, -0.2) is 47.0 Å². The smallest absolute Gasteiger partial charge is 0.306 e. The molecule has 1 unspecified atom stereocenters. The van der Waals surface area contributed by atoms with Gasteiger partial charge in [0.25, 0.3) is 0 Å². The van der Waals surface area contributed by atoms with Gasteiger partial charge < -0.3 is 9.64 Å². The zero-order valence-electron chi connectivity index (χ0n) is 27.6. The summed E-state index contributed by atoms with van der Waals surface area (Å²) in [6.07, 6.45) is 21.4. The number of fused-ring (bicyclic) bond motifs is 5. The molecule has 1 amide bonds. The van der Waals surface area contributed by atoms with Crippen LogP contribution in [0, 0.1) is 34.5 Å². The first-order chi connectivity index (χ1) is 19.6. The zero-order valence-corrected chi connectivity index (χ0v) is 28.4. The lowest BCUT2D eigenvalue weighted by atomic mass is 9.46. The molecular formula is C36H63NO3S. The maximum atomic E-state index is 12.8. The Kier molecular flexibility index (Phi) is 12.0. The van der Waals surface area contributed by atoms with E-state index in [1.807, 2.05) is 0 Å². The third-order valence-corrected chi connectivity index (χ3v) is 13.7. The number of amides is 1. The largest absolute Gasteiger partial charge is 0.462 e. The number of unbranched alkanes of at least 4 members (excludes halogenated alkanes) is 8. The van der Waals surface area contributed by atoms with Gasteiger partial charge in [0.15, 0.2) is 0 Å². The highest BCUT2D eigenvalue weighted by molar-refractivity contribution is 7.99. The van der Waals surface area contributed by atoms with Crippen molar-refractivity contribution in [3.63, 3.8) is 0 Å². The summed E-state index contributed by atoms with van der Waals surface area (Å²) in [5.74, 6) is 4.43. The SMILES string of the molecule is CC(C)SCCCCCCCCCCCC(=O)OC(C)[C@H]1CC[C@H]2[C@@H]3CC[C@H]4N(C)C(=O)CC[C@]4(C)[C@H]3CC[C@]12C. The number of hydrogen-bond donors (Lipinski definition) is 0. The van der Waals surface area contributed by atoms with E-state index >= 15 is 0 Å². The van der Waals surface area contributed by atoms with Gasteiger partial charge in [-0.25, -0.2) is 0 Å². The number of hydrogen-bond acceptors (Lipinski definition) is 4. The first-order valence-electron chi connectivity index (χ1n) is 17.6. The van der Waals surface area contributed by atoms with E-state index in [1.54, 1.807) is 0 Å². The molecule has 5 heteroatoms. The lowest BCUT2D eigenvalue weighted by molar-refractivity contribution is -0.164. The summed E-state index contributed by atoms with van der Waals surface area (Å²) >= 11 is 2.09. The van der Waals surface area contributed by atoms with Crippen molar-refractivity contribution < 1.29 is 14.3 Å². The minimum Gasteiger partial charge on any atom is -0.462 e. The van der Waals surface area contributed by atoms with Gasteiger partial charge in [0.2, 0.25) is 5.91 Å². The second kappa shape index (κ2) is 14.8. The van der Waals surface area contributed by atoms with Gasteiger partial charge in [0, 0.05) is 31.8 Å². The molecule has 1 heterocycles. The molecule has 0 N–H and O–H groups in total. The van der Waals surface area contributed by atoms with Gasteiger partial charge in [-0.1, -0.05) is 72.6 Å². The summed E-state index contributed by atoms with van der Waals surface area (Å²) in [5.41, 5.74) is 0.559. The van der Waals surface area contributed by atoms with Crippen molar-refractivity contribution in [2.45, 2.75) is 168 Å². The van der Waals surface area contributed by atoms with E-state index in [4.69, 9.17) is 4.74 Å².